The molecule has 25 heavy (non-hydrogen) atoms. The van der Waals surface area contributed by atoms with Gasteiger partial charge in [0.1, 0.15) is 17.3 Å². The van der Waals surface area contributed by atoms with Crippen molar-refractivity contribution in [3.05, 3.63) is 35.9 Å². The van der Waals surface area contributed by atoms with E-state index in [0.29, 0.717) is 6.42 Å². The third-order valence-electron chi connectivity index (χ3n) is 4.56. The molecular formula is C18H22N2O4S. The zero-order valence-electron chi connectivity index (χ0n) is 14.8. The largest absolute Gasteiger partial charge is 0.467 e. The van der Waals surface area contributed by atoms with Gasteiger partial charge in [0, 0.05) is 11.2 Å². The smallest absolute Gasteiger partial charge is 0.333 e. The number of carbonyl (C=O) groups excluding carboxylic acids is 2. The standard InChI is InChI=1S/C18H22N2O4S/c1-18(2)14(17(22)24-4)20-12(10-11-8-6-5-7-9-11)19-13(15(20)25-18)16(21)23-3/h5-9,13-15H,10H2,1-4H3. The number of carbonyl (C=O) groups is 2. The molecule has 6 nitrogen and oxygen atoms in total. The van der Waals surface area contributed by atoms with E-state index in [-0.39, 0.29) is 17.3 Å². The summed E-state index contributed by atoms with van der Waals surface area (Å²) in [7, 11) is 2.75. The van der Waals surface area contributed by atoms with Crippen molar-refractivity contribution in [2.24, 2.45) is 4.99 Å². The Morgan fingerprint density at radius 1 is 1.16 bits per heavy atom. The van der Waals surface area contributed by atoms with Crippen LogP contribution in [0.15, 0.2) is 35.3 Å². The maximum Gasteiger partial charge on any atom is 0.333 e. The summed E-state index contributed by atoms with van der Waals surface area (Å²) in [6.45, 7) is 3.98. The highest BCUT2D eigenvalue weighted by atomic mass is 32.2. The molecule has 7 heteroatoms. The van der Waals surface area contributed by atoms with Crippen molar-refractivity contribution in [1.82, 2.24) is 4.90 Å². The van der Waals surface area contributed by atoms with Gasteiger partial charge in [-0.3, -0.25) is 4.99 Å². The van der Waals surface area contributed by atoms with Gasteiger partial charge in [-0.2, -0.15) is 0 Å². The molecule has 3 unspecified atom stereocenters. The second-order valence-electron chi connectivity index (χ2n) is 6.62. The number of amidine groups is 1. The summed E-state index contributed by atoms with van der Waals surface area (Å²) in [5, 5.41) is -0.259. The average Bonchev–Trinajstić information content (AvgIpc) is 3.06. The molecule has 0 saturated carbocycles. The van der Waals surface area contributed by atoms with Crippen LogP contribution < -0.4 is 0 Å². The van der Waals surface area contributed by atoms with E-state index in [2.05, 4.69) is 4.99 Å². The second-order valence-corrected chi connectivity index (χ2v) is 8.39. The Morgan fingerprint density at radius 2 is 1.80 bits per heavy atom. The number of hydrogen-bond donors (Lipinski definition) is 0. The van der Waals surface area contributed by atoms with Gasteiger partial charge in [-0.05, 0) is 19.4 Å². The first-order valence-electron chi connectivity index (χ1n) is 8.11. The van der Waals surface area contributed by atoms with Gasteiger partial charge >= 0.3 is 11.9 Å². The van der Waals surface area contributed by atoms with E-state index >= 15 is 0 Å². The molecule has 134 valence electrons. The zero-order valence-corrected chi connectivity index (χ0v) is 15.6. The Hall–Kier alpha value is -2.02. The van der Waals surface area contributed by atoms with E-state index < -0.39 is 16.8 Å². The zero-order chi connectivity index (χ0) is 18.2. The fraction of sp³-hybridized carbons (Fsp3) is 0.500. The highest BCUT2D eigenvalue weighted by Gasteiger charge is 2.59. The van der Waals surface area contributed by atoms with E-state index in [9.17, 15) is 9.59 Å². The molecule has 1 fully saturated rings. The van der Waals surface area contributed by atoms with Gasteiger partial charge in [0.05, 0.1) is 14.2 Å². The lowest BCUT2D eigenvalue weighted by Crippen LogP contribution is -2.50. The minimum atomic E-state index is -0.636. The fourth-order valence-corrected chi connectivity index (χ4v) is 5.05. The second kappa shape index (κ2) is 6.71. The summed E-state index contributed by atoms with van der Waals surface area (Å²) in [4.78, 5) is 31.3. The van der Waals surface area contributed by atoms with Gasteiger partial charge in [0.25, 0.3) is 0 Å². The van der Waals surface area contributed by atoms with Gasteiger partial charge in [-0.15, -0.1) is 11.8 Å². The molecule has 2 heterocycles. The Labute approximate surface area is 151 Å². The number of esters is 2. The van der Waals surface area contributed by atoms with Crippen molar-refractivity contribution >= 4 is 29.5 Å². The summed E-state index contributed by atoms with van der Waals surface area (Å²) in [5.74, 6) is 0.0261. The van der Waals surface area contributed by atoms with Crippen molar-refractivity contribution in [2.45, 2.75) is 42.5 Å². The third kappa shape index (κ3) is 3.13. The van der Waals surface area contributed by atoms with E-state index in [1.54, 1.807) is 11.8 Å². The van der Waals surface area contributed by atoms with Crippen molar-refractivity contribution in [2.75, 3.05) is 14.2 Å². The number of benzene rings is 1. The van der Waals surface area contributed by atoms with Crippen LogP contribution >= 0.6 is 11.8 Å². The summed E-state index contributed by atoms with van der Waals surface area (Å²) in [6.07, 6.45) is 0.551. The highest BCUT2D eigenvalue weighted by Crippen LogP contribution is 2.49. The summed E-state index contributed by atoms with van der Waals surface area (Å²) in [5.41, 5.74) is 1.07. The lowest BCUT2D eigenvalue weighted by molar-refractivity contribution is -0.147. The minimum Gasteiger partial charge on any atom is -0.467 e. The van der Waals surface area contributed by atoms with Gasteiger partial charge in [0.2, 0.25) is 0 Å². The Kier molecular flexibility index (Phi) is 4.77. The van der Waals surface area contributed by atoms with Gasteiger partial charge in [0.15, 0.2) is 6.04 Å². The van der Waals surface area contributed by atoms with Gasteiger partial charge in [-0.1, -0.05) is 30.3 Å². The van der Waals surface area contributed by atoms with Crippen molar-refractivity contribution in [3.63, 3.8) is 0 Å². The molecule has 2 aliphatic rings. The molecule has 0 N–H and O–H groups in total. The van der Waals surface area contributed by atoms with Crippen molar-refractivity contribution in [1.29, 1.82) is 0 Å². The molecular weight excluding hydrogens is 340 g/mol. The molecule has 2 aliphatic heterocycles. The van der Waals surface area contributed by atoms with Crippen LogP contribution in [0.2, 0.25) is 0 Å². The summed E-state index contributed by atoms with van der Waals surface area (Å²) in [6, 6.07) is 8.75. The Bertz CT molecular complexity index is 704. The van der Waals surface area contributed by atoms with Gasteiger partial charge in [-0.25, -0.2) is 9.59 Å². The molecule has 0 aliphatic carbocycles. The maximum atomic E-state index is 12.5. The van der Waals surface area contributed by atoms with Crippen LogP contribution in [0.1, 0.15) is 19.4 Å². The molecule has 0 radical (unpaired) electrons. The van der Waals surface area contributed by atoms with Crippen LogP contribution in [0.3, 0.4) is 0 Å². The van der Waals surface area contributed by atoms with E-state index in [4.69, 9.17) is 9.47 Å². The summed E-state index contributed by atoms with van der Waals surface area (Å²) >= 11 is 1.57. The first-order chi connectivity index (χ1) is 11.9. The molecule has 3 atom stereocenters. The van der Waals surface area contributed by atoms with Crippen LogP contribution in [0.25, 0.3) is 0 Å². The lowest BCUT2D eigenvalue weighted by atomic mass is 10.0. The van der Waals surface area contributed by atoms with Crippen LogP contribution in [0.4, 0.5) is 0 Å². The number of aliphatic imine (C=N–C) groups is 1. The van der Waals surface area contributed by atoms with E-state index in [1.165, 1.54) is 14.2 Å². The SMILES string of the molecule is COC(=O)C1N=C(Cc2ccccc2)N2C1SC(C)(C)C2C(=O)OC. The monoisotopic (exact) mass is 362 g/mol. The number of fused-ring (bicyclic) bond motifs is 1. The van der Waals surface area contributed by atoms with Crippen LogP contribution in [-0.2, 0) is 25.5 Å². The molecule has 0 aromatic heterocycles. The lowest BCUT2D eigenvalue weighted by Gasteiger charge is -2.30. The van der Waals surface area contributed by atoms with Crippen LogP contribution in [0.5, 0.6) is 0 Å². The molecule has 0 amide bonds. The number of hydrogen-bond acceptors (Lipinski definition) is 7. The van der Waals surface area contributed by atoms with E-state index in [0.717, 1.165) is 11.4 Å². The predicted octanol–water partition coefficient (Wildman–Crippen LogP) is 1.88. The van der Waals surface area contributed by atoms with Crippen molar-refractivity contribution < 1.29 is 19.1 Å². The average molecular weight is 362 g/mol. The molecule has 1 aromatic rings. The van der Waals surface area contributed by atoms with Crippen LogP contribution in [0, 0.1) is 0 Å². The third-order valence-corrected chi connectivity index (χ3v) is 6.12. The minimum absolute atomic E-state index is 0.259. The Morgan fingerprint density at radius 3 is 2.40 bits per heavy atom. The number of rotatable bonds is 4. The topological polar surface area (TPSA) is 68.2 Å². The van der Waals surface area contributed by atoms with Crippen LogP contribution in [-0.4, -0.2) is 59.1 Å². The number of methoxy groups -OCH3 is 2. The Balaban J connectivity index is 1.99. The number of ether oxygens (including phenoxy) is 2. The quantitative estimate of drug-likeness (QED) is 0.762. The predicted molar refractivity (Wildman–Crippen MR) is 96.5 cm³/mol. The molecule has 0 spiro atoms. The molecule has 3 rings (SSSR count). The number of thioether (sulfide) groups is 1. The first-order valence-corrected chi connectivity index (χ1v) is 8.99. The maximum absolute atomic E-state index is 12.5. The fourth-order valence-electron chi connectivity index (χ4n) is 3.43. The highest BCUT2D eigenvalue weighted by molar-refractivity contribution is 8.01. The molecule has 1 saturated heterocycles. The summed E-state index contributed by atoms with van der Waals surface area (Å²) < 4.78 is 9.56. The number of nitrogens with zero attached hydrogens (tertiary/aromatic N) is 2. The van der Waals surface area contributed by atoms with E-state index in [1.807, 2.05) is 49.1 Å². The van der Waals surface area contributed by atoms with Gasteiger partial charge < -0.3 is 14.4 Å². The first kappa shape index (κ1) is 17.8. The molecule has 0 bridgehead atoms. The normalized spacial score (nSPS) is 26.8. The molecule has 1 aromatic carbocycles. The van der Waals surface area contributed by atoms with Crippen molar-refractivity contribution in [3.8, 4) is 0 Å².